The maximum absolute atomic E-state index is 12.8. The van der Waals surface area contributed by atoms with E-state index < -0.39 is 59.9 Å². The van der Waals surface area contributed by atoms with Crippen LogP contribution in [0.15, 0.2) is 0 Å². The lowest BCUT2D eigenvalue weighted by atomic mass is 10.0. The summed E-state index contributed by atoms with van der Waals surface area (Å²) in [6.45, 7) is 12.2. The zero-order chi connectivity index (χ0) is 25.1. The molecule has 0 aromatic heterocycles. The minimum absolute atomic E-state index is 0.0661. The Morgan fingerprint density at radius 1 is 0.875 bits per heavy atom. The summed E-state index contributed by atoms with van der Waals surface area (Å²) in [6.07, 6.45) is -0.777. The summed E-state index contributed by atoms with van der Waals surface area (Å²) in [5.41, 5.74) is 4.47. The Hall–Kier alpha value is -2.85. The van der Waals surface area contributed by atoms with E-state index in [1.165, 1.54) is 0 Å². The normalized spacial score (nSPS) is 14.0. The van der Waals surface area contributed by atoms with Gasteiger partial charge >= 0.3 is 12.1 Å². The third kappa shape index (κ3) is 12.1. The molecule has 32 heavy (non-hydrogen) atoms. The Morgan fingerprint density at radius 2 is 1.41 bits per heavy atom. The van der Waals surface area contributed by atoms with Crippen molar-refractivity contribution in [1.82, 2.24) is 16.0 Å². The minimum atomic E-state index is -1.33. The van der Waals surface area contributed by atoms with E-state index in [4.69, 9.17) is 15.2 Å². The molecule has 184 valence electrons. The van der Waals surface area contributed by atoms with Gasteiger partial charge in [0.15, 0.2) is 0 Å². The zero-order valence-electron chi connectivity index (χ0n) is 20.1. The van der Waals surface area contributed by atoms with Crippen LogP contribution < -0.4 is 21.7 Å². The number of primary amides is 1. The molecule has 0 fully saturated rings. The highest BCUT2D eigenvalue weighted by Crippen LogP contribution is 2.09. The summed E-state index contributed by atoms with van der Waals surface area (Å²) in [5.74, 6) is -2.83. The summed E-state index contributed by atoms with van der Waals surface area (Å²) in [6, 6.07) is -3.29. The van der Waals surface area contributed by atoms with Crippen LogP contribution in [0, 0.1) is 5.92 Å². The summed E-state index contributed by atoms with van der Waals surface area (Å²) in [7, 11) is 0. The molecule has 4 amide bonds. The van der Waals surface area contributed by atoms with E-state index in [9.17, 15) is 24.0 Å². The van der Waals surface area contributed by atoms with Gasteiger partial charge in [-0.15, -0.1) is 0 Å². The number of alkyl carbamates (subject to hydrolysis) is 1. The molecule has 0 aromatic carbocycles. The predicted molar refractivity (Wildman–Crippen MR) is 117 cm³/mol. The van der Waals surface area contributed by atoms with Crippen LogP contribution in [0.1, 0.15) is 67.7 Å². The van der Waals surface area contributed by atoms with Crippen LogP contribution in [-0.4, -0.2) is 60.1 Å². The average molecular weight is 459 g/mol. The molecular formula is C21H38N4O7. The Balaban J connectivity index is 5.38. The molecule has 0 aliphatic rings. The SMILES string of the molecule is CCOC(=O)[C@H](CC(C)C)NC(=O)[C@H](CC(N)=O)NC(=O)[C@H](CC)NC(=O)OC(C)(C)C. The third-order valence-electron chi connectivity index (χ3n) is 4.05. The number of rotatable bonds is 12. The highest BCUT2D eigenvalue weighted by atomic mass is 16.6. The molecule has 5 N–H and O–H groups in total. The first kappa shape index (κ1) is 29.1. The Kier molecular flexibility index (Phi) is 12.3. The molecule has 0 unspecified atom stereocenters. The molecule has 0 aliphatic heterocycles. The van der Waals surface area contributed by atoms with Gasteiger partial charge in [0.25, 0.3) is 0 Å². The van der Waals surface area contributed by atoms with Crippen LogP contribution in [0.25, 0.3) is 0 Å². The first-order chi connectivity index (χ1) is 14.7. The summed E-state index contributed by atoms with van der Waals surface area (Å²) < 4.78 is 10.1. The fourth-order valence-corrected chi connectivity index (χ4v) is 2.69. The maximum Gasteiger partial charge on any atom is 0.408 e. The third-order valence-corrected chi connectivity index (χ3v) is 4.05. The highest BCUT2D eigenvalue weighted by Gasteiger charge is 2.31. The van der Waals surface area contributed by atoms with Crippen molar-refractivity contribution in [3.8, 4) is 0 Å². The number of carbonyl (C=O) groups excluding carboxylic acids is 5. The molecule has 0 saturated carbocycles. The van der Waals surface area contributed by atoms with E-state index in [1.54, 1.807) is 34.6 Å². The Bertz CT molecular complexity index is 674. The van der Waals surface area contributed by atoms with Gasteiger partial charge in [-0.25, -0.2) is 9.59 Å². The van der Waals surface area contributed by atoms with E-state index in [2.05, 4.69) is 16.0 Å². The molecule has 0 aliphatic carbocycles. The molecule has 11 heteroatoms. The monoisotopic (exact) mass is 458 g/mol. The fraction of sp³-hybridized carbons (Fsp3) is 0.762. The number of amides is 4. The highest BCUT2D eigenvalue weighted by molar-refractivity contribution is 5.95. The molecule has 0 heterocycles. The number of esters is 1. The minimum Gasteiger partial charge on any atom is -0.464 e. The van der Waals surface area contributed by atoms with Crippen molar-refractivity contribution in [1.29, 1.82) is 0 Å². The van der Waals surface area contributed by atoms with Gasteiger partial charge < -0.3 is 31.2 Å². The molecule has 0 spiro atoms. The summed E-state index contributed by atoms with van der Waals surface area (Å²) in [5, 5.41) is 7.37. The van der Waals surface area contributed by atoms with Gasteiger partial charge in [-0.2, -0.15) is 0 Å². The fourth-order valence-electron chi connectivity index (χ4n) is 2.69. The zero-order valence-corrected chi connectivity index (χ0v) is 20.1. The van der Waals surface area contributed by atoms with Gasteiger partial charge in [0, 0.05) is 0 Å². The van der Waals surface area contributed by atoms with Crippen molar-refractivity contribution in [2.24, 2.45) is 11.7 Å². The summed E-state index contributed by atoms with van der Waals surface area (Å²) >= 11 is 0. The first-order valence-electron chi connectivity index (χ1n) is 10.7. The second-order valence-corrected chi connectivity index (χ2v) is 8.78. The van der Waals surface area contributed by atoms with Crippen molar-refractivity contribution in [3.05, 3.63) is 0 Å². The molecular weight excluding hydrogens is 420 g/mol. The largest absolute Gasteiger partial charge is 0.464 e. The first-order valence-corrected chi connectivity index (χ1v) is 10.7. The van der Waals surface area contributed by atoms with Gasteiger partial charge in [0.2, 0.25) is 17.7 Å². The Labute approximate surface area is 189 Å². The molecule has 0 saturated heterocycles. The van der Waals surface area contributed by atoms with Crippen LogP contribution >= 0.6 is 0 Å². The number of carbonyl (C=O) groups is 5. The number of ether oxygens (including phenoxy) is 2. The quantitative estimate of drug-likeness (QED) is 0.313. The van der Waals surface area contributed by atoms with Crippen molar-refractivity contribution in [2.45, 2.75) is 91.5 Å². The standard InChI is InChI=1S/C21H38N4O7/c1-8-13(25-20(30)32-21(5,6)7)17(27)23-14(11-16(22)26)18(28)24-15(10-12(3)4)19(29)31-9-2/h12-15H,8-11H2,1-7H3,(H2,22,26)(H,23,27)(H,24,28)(H,25,30)/t13-,14-,15-/m0/s1. The predicted octanol–water partition coefficient (Wildman–Crippen LogP) is 0.744. The summed E-state index contributed by atoms with van der Waals surface area (Å²) in [4.78, 5) is 61.1. The van der Waals surface area contributed by atoms with Gasteiger partial charge in [0.1, 0.15) is 23.7 Å². The maximum atomic E-state index is 12.8. The van der Waals surface area contributed by atoms with Crippen LogP contribution in [0.5, 0.6) is 0 Å². The van der Waals surface area contributed by atoms with Crippen LogP contribution in [0.4, 0.5) is 4.79 Å². The smallest absolute Gasteiger partial charge is 0.408 e. The van der Waals surface area contributed by atoms with E-state index >= 15 is 0 Å². The lowest BCUT2D eigenvalue weighted by molar-refractivity contribution is -0.148. The number of hydrogen-bond acceptors (Lipinski definition) is 7. The van der Waals surface area contributed by atoms with Gasteiger partial charge in [-0.05, 0) is 46.5 Å². The lowest BCUT2D eigenvalue weighted by Crippen LogP contribution is -2.57. The molecule has 0 bridgehead atoms. The lowest BCUT2D eigenvalue weighted by Gasteiger charge is -2.25. The van der Waals surface area contributed by atoms with Crippen molar-refractivity contribution >= 4 is 29.8 Å². The number of nitrogens with two attached hydrogens (primary N) is 1. The van der Waals surface area contributed by atoms with E-state index in [1.807, 2.05) is 13.8 Å². The topological polar surface area (TPSA) is 166 Å². The molecule has 0 radical (unpaired) electrons. The van der Waals surface area contributed by atoms with E-state index in [0.29, 0.717) is 6.42 Å². The number of nitrogens with one attached hydrogen (secondary N) is 3. The van der Waals surface area contributed by atoms with Gasteiger partial charge in [-0.1, -0.05) is 20.8 Å². The number of hydrogen-bond donors (Lipinski definition) is 4. The van der Waals surface area contributed by atoms with Crippen LogP contribution in [0.2, 0.25) is 0 Å². The van der Waals surface area contributed by atoms with E-state index in [0.717, 1.165) is 0 Å². The molecule has 0 rings (SSSR count). The van der Waals surface area contributed by atoms with Crippen molar-refractivity contribution < 1.29 is 33.4 Å². The Morgan fingerprint density at radius 3 is 1.84 bits per heavy atom. The van der Waals surface area contributed by atoms with Crippen molar-refractivity contribution in [2.75, 3.05) is 6.61 Å². The van der Waals surface area contributed by atoms with Crippen LogP contribution in [0.3, 0.4) is 0 Å². The molecule has 11 nitrogen and oxygen atoms in total. The molecule has 3 atom stereocenters. The van der Waals surface area contributed by atoms with E-state index in [-0.39, 0.29) is 18.9 Å². The van der Waals surface area contributed by atoms with Crippen molar-refractivity contribution in [3.63, 3.8) is 0 Å². The second kappa shape index (κ2) is 13.5. The molecule has 0 aromatic rings. The van der Waals surface area contributed by atoms with Crippen LogP contribution in [-0.2, 0) is 28.7 Å². The average Bonchev–Trinajstić information content (AvgIpc) is 2.62. The second-order valence-electron chi connectivity index (χ2n) is 8.78. The van der Waals surface area contributed by atoms with Gasteiger partial charge in [0.05, 0.1) is 13.0 Å². The van der Waals surface area contributed by atoms with Gasteiger partial charge in [-0.3, -0.25) is 14.4 Å².